The number of benzene rings is 1. The van der Waals surface area contributed by atoms with Crippen LogP contribution in [-0.2, 0) is 16.6 Å². The fraction of sp³-hybridized carbons (Fsp3) is 0.0526. The van der Waals surface area contributed by atoms with Gasteiger partial charge in [0.05, 0.1) is 23.3 Å². The van der Waals surface area contributed by atoms with Crippen LogP contribution >= 0.6 is 15.9 Å². The van der Waals surface area contributed by atoms with Gasteiger partial charge in [-0.05, 0) is 46.3 Å². The minimum absolute atomic E-state index is 0.108. The van der Waals surface area contributed by atoms with Gasteiger partial charge in [-0.1, -0.05) is 18.2 Å². The Balaban J connectivity index is 1.81. The van der Waals surface area contributed by atoms with Gasteiger partial charge in [0.1, 0.15) is 5.76 Å². The molecule has 1 aromatic carbocycles. The molecule has 0 bridgehead atoms. The molecule has 0 aliphatic heterocycles. The minimum atomic E-state index is -3.92. The van der Waals surface area contributed by atoms with Crippen molar-refractivity contribution in [2.45, 2.75) is 11.4 Å². The molecule has 0 saturated heterocycles. The quantitative estimate of drug-likeness (QED) is 0.492. The number of carbonyl (C=O) groups is 1. The first-order valence-corrected chi connectivity index (χ1v) is 10.5. The largest absolute Gasteiger partial charge is 0.467 e. The van der Waals surface area contributed by atoms with Crippen molar-refractivity contribution in [3.05, 3.63) is 83.0 Å². The van der Waals surface area contributed by atoms with Crippen LogP contribution in [0.1, 0.15) is 16.1 Å². The number of hydrogen-bond acceptors (Lipinski definition) is 5. The third-order valence-electron chi connectivity index (χ3n) is 4.15. The third-order valence-corrected chi connectivity index (χ3v) is 6.48. The molecule has 4 aromatic rings. The second-order valence-corrected chi connectivity index (χ2v) is 8.58. The molecule has 9 heteroatoms. The SMILES string of the molecule is O=C(NCc1ccco1)c1cn(S(=O)(=O)c2ccccc2)c2nccc(Br)c12. The van der Waals surface area contributed by atoms with E-state index in [1.165, 1.54) is 30.8 Å². The molecule has 0 aliphatic carbocycles. The Morgan fingerprint density at radius 1 is 1.14 bits per heavy atom. The van der Waals surface area contributed by atoms with E-state index in [4.69, 9.17) is 4.42 Å². The molecule has 0 atom stereocenters. The second-order valence-electron chi connectivity index (χ2n) is 5.91. The molecule has 1 N–H and O–H groups in total. The number of aromatic nitrogens is 2. The first kappa shape index (κ1) is 18.5. The van der Waals surface area contributed by atoms with Gasteiger partial charge in [-0.25, -0.2) is 17.4 Å². The Bertz CT molecular complexity index is 1250. The number of hydrogen-bond donors (Lipinski definition) is 1. The van der Waals surface area contributed by atoms with Gasteiger partial charge in [0.25, 0.3) is 15.9 Å². The van der Waals surface area contributed by atoms with Gasteiger partial charge in [-0.3, -0.25) is 4.79 Å². The van der Waals surface area contributed by atoms with Crippen LogP contribution in [0.25, 0.3) is 11.0 Å². The summed E-state index contributed by atoms with van der Waals surface area (Å²) in [6.45, 7) is 0.182. The molecule has 4 rings (SSSR count). The molecular formula is C19H14BrN3O4S. The number of halogens is 1. The standard InChI is InChI=1S/C19H14BrN3O4S/c20-16-8-9-21-18-17(16)15(19(24)22-11-13-5-4-10-27-13)12-23(18)28(25,26)14-6-2-1-3-7-14/h1-10,12H,11H2,(H,22,24). The number of amides is 1. The molecule has 7 nitrogen and oxygen atoms in total. The Kier molecular flexibility index (Phi) is 4.78. The fourth-order valence-corrected chi connectivity index (χ4v) is 4.67. The number of rotatable bonds is 5. The van der Waals surface area contributed by atoms with Crippen LogP contribution < -0.4 is 5.32 Å². The van der Waals surface area contributed by atoms with Gasteiger partial charge in [0.15, 0.2) is 5.65 Å². The predicted molar refractivity (Wildman–Crippen MR) is 106 cm³/mol. The van der Waals surface area contributed by atoms with Crippen molar-refractivity contribution in [1.82, 2.24) is 14.3 Å². The maximum absolute atomic E-state index is 13.1. The van der Waals surface area contributed by atoms with E-state index in [2.05, 4.69) is 26.2 Å². The Morgan fingerprint density at radius 2 is 1.93 bits per heavy atom. The van der Waals surface area contributed by atoms with Crippen molar-refractivity contribution >= 4 is 42.9 Å². The molecule has 0 spiro atoms. The Morgan fingerprint density at radius 3 is 2.64 bits per heavy atom. The van der Waals surface area contributed by atoms with Gasteiger partial charge in [0, 0.05) is 22.3 Å². The van der Waals surface area contributed by atoms with E-state index < -0.39 is 15.9 Å². The molecule has 0 radical (unpaired) electrons. The summed E-state index contributed by atoms with van der Waals surface area (Å²) in [5.41, 5.74) is 0.363. The zero-order chi connectivity index (χ0) is 19.7. The molecule has 142 valence electrons. The number of furan rings is 1. The molecule has 0 fully saturated rings. The highest BCUT2D eigenvalue weighted by Crippen LogP contribution is 2.30. The molecule has 28 heavy (non-hydrogen) atoms. The minimum Gasteiger partial charge on any atom is -0.467 e. The lowest BCUT2D eigenvalue weighted by Crippen LogP contribution is -2.22. The van der Waals surface area contributed by atoms with Crippen molar-refractivity contribution in [3.63, 3.8) is 0 Å². The van der Waals surface area contributed by atoms with E-state index in [1.54, 1.807) is 36.4 Å². The van der Waals surface area contributed by atoms with E-state index in [-0.39, 0.29) is 22.7 Å². The summed E-state index contributed by atoms with van der Waals surface area (Å²) < 4.78 is 33.0. The maximum Gasteiger partial charge on any atom is 0.269 e. The second kappa shape index (κ2) is 7.25. The zero-order valence-electron chi connectivity index (χ0n) is 14.4. The van der Waals surface area contributed by atoms with E-state index in [1.807, 2.05) is 0 Å². The summed E-state index contributed by atoms with van der Waals surface area (Å²) in [4.78, 5) is 17.1. The van der Waals surface area contributed by atoms with Crippen LogP contribution in [0.5, 0.6) is 0 Å². The molecule has 1 amide bonds. The lowest BCUT2D eigenvalue weighted by Gasteiger charge is -2.06. The highest BCUT2D eigenvalue weighted by atomic mass is 79.9. The normalized spacial score (nSPS) is 11.6. The first-order valence-electron chi connectivity index (χ1n) is 8.25. The molecule has 3 aromatic heterocycles. The number of nitrogens with zero attached hydrogens (tertiary/aromatic N) is 2. The van der Waals surface area contributed by atoms with Crippen molar-refractivity contribution in [2.75, 3.05) is 0 Å². The molecule has 0 aliphatic rings. The summed E-state index contributed by atoms with van der Waals surface area (Å²) >= 11 is 3.40. The topological polar surface area (TPSA) is 94.2 Å². The van der Waals surface area contributed by atoms with Crippen molar-refractivity contribution in [2.24, 2.45) is 0 Å². The maximum atomic E-state index is 13.1. The smallest absolute Gasteiger partial charge is 0.269 e. The fourth-order valence-electron chi connectivity index (χ4n) is 2.82. The summed E-state index contributed by atoms with van der Waals surface area (Å²) in [5.74, 6) is 0.156. The predicted octanol–water partition coefficient (Wildman–Crippen LogP) is 3.56. The van der Waals surface area contributed by atoms with Crippen LogP contribution in [-0.4, -0.2) is 23.3 Å². The molecule has 0 unspecified atom stereocenters. The number of carbonyl (C=O) groups excluding carboxylic acids is 1. The first-order chi connectivity index (χ1) is 13.5. The van der Waals surface area contributed by atoms with Gasteiger partial charge < -0.3 is 9.73 Å². The monoisotopic (exact) mass is 459 g/mol. The average molecular weight is 460 g/mol. The van der Waals surface area contributed by atoms with E-state index in [9.17, 15) is 13.2 Å². The van der Waals surface area contributed by atoms with Crippen LogP contribution in [0.3, 0.4) is 0 Å². The van der Waals surface area contributed by atoms with Crippen molar-refractivity contribution in [1.29, 1.82) is 0 Å². The molecular weight excluding hydrogens is 446 g/mol. The number of pyridine rings is 1. The lowest BCUT2D eigenvalue weighted by atomic mass is 10.2. The van der Waals surface area contributed by atoms with Gasteiger partial charge in [0.2, 0.25) is 0 Å². The average Bonchev–Trinajstić information content (AvgIpc) is 3.35. The summed E-state index contributed by atoms with van der Waals surface area (Å²) in [6, 6.07) is 13.1. The Hall–Kier alpha value is -2.91. The van der Waals surface area contributed by atoms with Crippen molar-refractivity contribution < 1.29 is 17.6 Å². The summed E-state index contributed by atoms with van der Waals surface area (Å²) in [6.07, 6.45) is 4.29. The van der Waals surface area contributed by atoms with Crippen LogP contribution in [0.15, 0.2) is 81.0 Å². The third kappa shape index (κ3) is 3.23. The van der Waals surface area contributed by atoms with Gasteiger partial charge in [-0.15, -0.1) is 0 Å². The van der Waals surface area contributed by atoms with E-state index in [0.717, 1.165) is 3.97 Å². The number of fused-ring (bicyclic) bond motifs is 1. The van der Waals surface area contributed by atoms with Crippen LogP contribution in [0, 0.1) is 0 Å². The summed E-state index contributed by atoms with van der Waals surface area (Å²) in [7, 11) is -3.92. The highest BCUT2D eigenvalue weighted by molar-refractivity contribution is 9.10. The van der Waals surface area contributed by atoms with Gasteiger partial charge in [-0.2, -0.15) is 0 Å². The van der Waals surface area contributed by atoms with Crippen molar-refractivity contribution in [3.8, 4) is 0 Å². The summed E-state index contributed by atoms with van der Waals surface area (Å²) in [5, 5.41) is 3.15. The van der Waals surface area contributed by atoms with E-state index in [0.29, 0.717) is 15.6 Å². The van der Waals surface area contributed by atoms with E-state index >= 15 is 0 Å². The zero-order valence-corrected chi connectivity index (χ0v) is 16.8. The Labute approximate surface area is 169 Å². The lowest BCUT2D eigenvalue weighted by molar-refractivity contribution is 0.0949. The number of nitrogens with one attached hydrogen (secondary N) is 1. The van der Waals surface area contributed by atoms with Crippen LogP contribution in [0.2, 0.25) is 0 Å². The van der Waals surface area contributed by atoms with Gasteiger partial charge >= 0.3 is 0 Å². The highest BCUT2D eigenvalue weighted by Gasteiger charge is 2.25. The molecule has 3 heterocycles. The molecule has 0 saturated carbocycles. The van der Waals surface area contributed by atoms with Crippen LogP contribution in [0.4, 0.5) is 0 Å².